The molecule has 0 amide bonds. The summed E-state index contributed by atoms with van der Waals surface area (Å²) < 4.78 is 14.4. The molecule has 0 saturated carbocycles. The molecule has 90 valence electrons. The first-order valence-corrected chi connectivity index (χ1v) is 5.67. The summed E-state index contributed by atoms with van der Waals surface area (Å²) in [6.45, 7) is 0. The van der Waals surface area contributed by atoms with E-state index in [4.69, 9.17) is 0 Å². The standard InChI is InChI=1S/C6H5O3P.C6H5.Ni/c7-10(8)9-6-4-2-1-3-5-6;1-2-4-6-5-3-1;/h1-5H;1-5H;/q;-1;+2. The number of para-hydroxylation sites is 1. The van der Waals surface area contributed by atoms with Crippen molar-refractivity contribution in [3.8, 4) is 5.75 Å². The van der Waals surface area contributed by atoms with Crippen molar-refractivity contribution in [2.75, 3.05) is 0 Å². The summed E-state index contributed by atoms with van der Waals surface area (Å²) in [6.07, 6.45) is 0. The van der Waals surface area contributed by atoms with Crippen LogP contribution in [-0.2, 0) is 21.1 Å². The molecule has 0 aliphatic rings. The van der Waals surface area contributed by atoms with Gasteiger partial charge in [-0.1, -0.05) is 18.2 Å². The molecule has 0 spiro atoms. The Hall–Kier alpha value is -1.21. The molecule has 0 heterocycles. The van der Waals surface area contributed by atoms with E-state index in [0.29, 0.717) is 5.75 Å². The number of benzene rings is 2. The number of rotatable bonds is 2. The van der Waals surface area contributed by atoms with Gasteiger partial charge in [-0.2, -0.15) is 36.4 Å². The molecule has 0 N–H and O–H groups in total. The van der Waals surface area contributed by atoms with Crippen molar-refractivity contribution in [2.24, 2.45) is 0 Å². The van der Waals surface area contributed by atoms with E-state index in [1.807, 2.05) is 30.3 Å². The van der Waals surface area contributed by atoms with Crippen molar-refractivity contribution in [3.63, 3.8) is 0 Å². The summed E-state index contributed by atoms with van der Waals surface area (Å²) in [4.78, 5) is 9.98. The van der Waals surface area contributed by atoms with E-state index in [-0.39, 0.29) is 16.5 Å². The SMILES string of the molecule is O=[P+]([O-])Oc1ccccc1.[Ni+2].[c-]1ccccc1. The predicted molar refractivity (Wildman–Crippen MR) is 60.0 cm³/mol. The van der Waals surface area contributed by atoms with Gasteiger partial charge in [0.05, 0.1) is 0 Å². The second-order valence-corrected chi connectivity index (χ2v) is 3.34. The average Bonchev–Trinajstić information content (AvgIpc) is 2.32. The molecule has 1 atom stereocenters. The zero-order valence-electron chi connectivity index (χ0n) is 8.76. The largest absolute Gasteiger partial charge is 2.00 e. The molecule has 0 aromatic heterocycles. The number of hydrogen-bond donors (Lipinski definition) is 0. The first-order valence-electron chi connectivity index (χ1n) is 4.57. The molecule has 5 heteroatoms. The van der Waals surface area contributed by atoms with Crippen LogP contribution in [0.15, 0.2) is 60.7 Å². The minimum Gasteiger partial charge on any atom is -0.558 e. The van der Waals surface area contributed by atoms with Crippen LogP contribution in [0.3, 0.4) is 0 Å². The van der Waals surface area contributed by atoms with Gasteiger partial charge < -0.3 is 4.89 Å². The van der Waals surface area contributed by atoms with Crippen molar-refractivity contribution >= 4 is 8.25 Å². The Balaban J connectivity index is 0.000000316. The monoisotopic (exact) mass is 291 g/mol. The van der Waals surface area contributed by atoms with E-state index in [1.54, 1.807) is 30.3 Å². The fourth-order valence-corrected chi connectivity index (χ4v) is 1.20. The van der Waals surface area contributed by atoms with E-state index >= 15 is 0 Å². The second kappa shape index (κ2) is 9.98. The first kappa shape index (κ1) is 15.8. The molecule has 0 aliphatic carbocycles. The van der Waals surface area contributed by atoms with Gasteiger partial charge in [0, 0.05) is 0 Å². The molecule has 0 bridgehead atoms. The van der Waals surface area contributed by atoms with Gasteiger partial charge in [-0.25, -0.2) is 0 Å². The zero-order valence-corrected chi connectivity index (χ0v) is 10.6. The summed E-state index contributed by atoms with van der Waals surface area (Å²) >= 11 is 0. The molecule has 0 saturated heterocycles. The van der Waals surface area contributed by atoms with Crippen molar-refractivity contribution in [1.29, 1.82) is 0 Å². The maximum atomic E-state index is 9.98. The molecular weight excluding hydrogens is 282 g/mol. The number of hydrogen-bond acceptors (Lipinski definition) is 3. The Labute approximate surface area is 111 Å². The van der Waals surface area contributed by atoms with Crippen LogP contribution in [0.2, 0.25) is 0 Å². The third kappa shape index (κ3) is 8.59. The van der Waals surface area contributed by atoms with Crippen LogP contribution in [-0.4, -0.2) is 0 Å². The normalized spacial score (nSPS) is 9.12. The molecule has 2 aromatic carbocycles. The van der Waals surface area contributed by atoms with Crippen LogP contribution in [0.25, 0.3) is 0 Å². The van der Waals surface area contributed by atoms with Gasteiger partial charge in [0.25, 0.3) is 0 Å². The quantitative estimate of drug-likeness (QED) is 0.485. The molecule has 1 unspecified atom stereocenters. The Bertz CT molecular complexity index is 382. The fraction of sp³-hybridized carbons (Fsp3) is 0. The summed E-state index contributed by atoms with van der Waals surface area (Å²) in [5, 5.41) is 0. The Morgan fingerprint density at radius 2 is 1.53 bits per heavy atom. The van der Waals surface area contributed by atoms with Crippen LogP contribution in [0.4, 0.5) is 0 Å². The summed E-state index contributed by atoms with van der Waals surface area (Å²) in [6, 6.07) is 20.8. The van der Waals surface area contributed by atoms with Crippen LogP contribution < -0.4 is 9.42 Å². The van der Waals surface area contributed by atoms with E-state index in [2.05, 4.69) is 10.6 Å². The summed E-state index contributed by atoms with van der Waals surface area (Å²) in [5.41, 5.74) is 0. The van der Waals surface area contributed by atoms with Gasteiger partial charge >= 0.3 is 24.7 Å². The van der Waals surface area contributed by atoms with Crippen LogP contribution >= 0.6 is 8.25 Å². The van der Waals surface area contributed by atoms with E-state index < -0.39 is 8.25 Å². The maximum Gasteiger partial charge on any atom is 2.00 e. The van der Waals surface area contributed by atoms with Gasteiger partial charge in [-0.3, -0.25) is 4.52 Å². The van der Waals surface area contributed by atoms with E-state index in [1.165, 1.54) is 0 Å². The third-order valence-corrected chi connectivity index (χ3v) is 1.89. The third-order valence-electron chi connectivity index (χ3n) is 1.53. The van der Waals surface area contributed by atoms with Crippen molar-refractivity contribution in [2.45, 2.75) is 0 Å². The van der Waals surface area contributed by atoms with E-state index in [9.17, 15) is 9.46 Å². The first-order chi connectivity index (χ1) is 7.79. The Kier molecular flexibility index (Phi) is 9.27. The van der Waals surface area contributed by atoms with Gasteiger partial charge in [0.1, 0.15) is 0 Å². The Morgan fingerprint density at radius 1 is 1.00 bits per heavy atom. The molecule has 0 aliphatic heterocycles. The van der Waals surface area contributed by atoms with Gasteiger partial charge in [-0.05, 0) is 16.7 Å². The van der Waals surface area contributed by atoms with Crippen LogP contribution in [0, 0.1) is 6.07 Å². The smallest absolute Gasteiger partial charge is 0.558 e. The van der Waals surface area contributed by atoms with E-state index in [0.717, 1.165) is 0 Å². The molecule has 3 nitrogen and oxygen atoms in total. The van der Waals surface area contributed by atoms with Gasteiger partial charge in [-0.15, -0.1) is 0 Å². The predicted octanol–water partition coefficient (Wildman–Crippen LogP) is 2.57. The minimum absolute atomic E-state index is 0. The van der Waals surface area contributed by atoms with Crippen molar-refractivity contribution < 1.29 is 30.5 Å². The Morgan fingerprint density at radius 3 is 1.88 bits per heavy atom. The zero-order chi connectivity index (χ0) is 11.6. The van der Waals surface area contributed by atoms with Gasteiger partial charge in [0.15, 0.2) is 5.75 Å². The van der Waals surface area contributed by atoms with Crippen molar-refractivity contribution in [1.82, 2.24) is 0 Å². The fourth-order valence-electron chi connectivity index (χ4n) is 0.909. The molecule has 2 rings (SSSR count). The average molecular weight is 292 g/mol. The molecule has 0 radical (unpaired) electrons. The maximum absolute atomic E-state index is 9.98. The minimum atomic E-state index is -2.78. The second-order valence-electron chi connectivity index (χ2n) is 2.71. The summed E-state index contributed by atoms with van der Waals surface area (Å²) in [7, 11) is -2.78. The molecule has 2 aromatic rings. The topological polar surface area (TPSA) is 49.4 Å². The van der Waals surface area contributed by atoms with Gasteiger partial charge in [0.2, 0.25) is 0 Å². The summed E-state index contributed by atoms with van der Waals surface area (Å²) in [5.74, 6) is 0.346. The molecule has 17 heavy (non-hydrogen) atoms. The molecular formula is C12H10NiO3P+. The van der Waals surface area contributed by atoms with Crippen LogP contribution in [0.1, 0.15) is 0 Å². The van der Waals surface area contributed by atoms with Crippen molar-refractivity contribution in [3.05, 3.63) is 66.7 Å². The van der Waals surface area contributed by atoms with Crippen LogP contribution in [0.5, 0.6) is 5.75 Å². The molecule has 0 fully saturated rings.